The van der Waals surface area contributed by atoms with Gasteiger partial charge >= 0.3 is 0 Å². The third-order valence-corrected chi connectivity index (χ3v) is 3.85. The Hall–Kier alpha value is -3.17. The molecule has 0 aliphatic rings. The van der Waals surface area contributed by atoms with E-state index in [-0.39, 0.29) is 28.7 Å². The first kappa shape index (κ1) is 17.6. The molecule has 0 bridgehead atoms. The number of azo groups is 1. The van der Waals surface area contributed by atoms with E-state index in [1.165, 1.54) is 0 Å². The van der Waals surface area contributed by atoms with Gasteiger partial charge in [0.15, 0.2) is 24.1 Å². The number of nitrogens with zero attached hydrogens (tertiary/aromatic N) is 6. The molecule has 0 fully saturated rings. The van der Waals surface area contributed by atoms with Crippen molar-refractivity contribution in [2.75, 3.05) is 0 Å². The summed E-state index contributed by atoms with van der Waals surface area (Å²) in [5, 5.41) is 20.0. The average molecular weight is 356 g/mol. The Balaban J connectivity index is 2.12. The minimum absolute atomic E-state index is 0.00576. The van der Waals surface area contributed by atoms with Crippen LogP contribution < -0.4 is 0 Å². The maximum Gasteiger partial charge on any atom is 0.248 e. The van der Waals surface area contributed by atoms with Gasteiger partial charge in [0.05, 0.1) is 5.69 Å². The van der Waals surface area contributed by atoms with E-state index in [1.54, 1.807) is 4.52 Å². The van der Waals surface area contributed by atoms with Crippen LogP contribution in [0.4, 0.5) is 11.6 Å². The molecule has 0 aliphatic heterocycles. The zero-order valence-electron chi connectivity index (χ0n) is 15.2. The molecule has 0 radical (unpaired) electrons. The molecule has 3 aromatic heterocycles. The van der Waals surface area contributed by atoms with Crippen molar-refractivity contribution in [2.45, 2.75) is 46.0 Å². The molecule has 2 N–H and O–H groups in total. The number of fused-ring (bicyclic) bond motifs is 1. The number of aromatic nitrogens is 6. The molecule has 0 spiro atoms. The molecule has 3 heterocycles. The second-order valence-corrected chi connectivity index (χ2v) is 7.25. The number of H-pyrrole nitrogens is 2. The lowest BCUT2D eigenvalue weighted by atomic mass is 9.91. The van der Waals surface area contributed by atoms with Crippen molar-refractivity contribution >= 4 is 29.9 Å². The van der Waals surface area contributed by atoms with Crippen molar-refractivity contribution in [3.8, 4) is 0 Å². The zero-order valence-corrected chi connectivity index (χ0v) is 15.2. The predicted molar refractivity (Wildman–Crippen MR) is 93.7 cm³/mol. The molecule has 3 rings (SSSR count). The van der Waals surface area contributed by atoms with E-state index in [0.717, 1.165) is 11.5 Å². The summed E-state index contributed by atoms with van der Waals surface area (Å²) < 4.78 is 1.80. The normalized spacial score (nSPS) is 12.5. The predicted octanol–water partition coefficient (Wildman–Crippen LogP) is 3.24. The SMILES string of the molecule is CC(C)c1nnc2c(N=Nc3nc(C=O)c(C=O)[nH]3)c(C(C)(C)C)[nH]n12. The molecule has 0 aromatic carbocycles. The fraction of sp³-hybridized carbons (Fsp3) is 0.438. The van der Waals surface area contributed by atoms with Gasteiger partial charge in [0.2, 0.25) is 11.6 Å². The van der Waals surface area contributed by atoms with Crippen molar-refractivity contribution in [1.82, 2.24) is 29.8 Å². The second-order valence-electron chi connectivity index (χ2n) is 7.25. The van der Waals surface area contributed by atoms with Crippen LogP contribution in [0.5, 0.6) is 0 Å². The molecule has 136 valence electrons. The Morgan fingerprint density at radius 3 is 2.38 bits per heavy atom. The summed E-state index contributed by atoms with van der Waals surface area (Å²) in [6, 6.07) is 0. The molecule has 0 saturated heterocycles. The molecule has 10 nitrogen and oxygen atoms in total. The van der Waals surface area contributed by atoms with Crippen molar-refractivity contribution in [3.05, 3.63) is 22.9 Å². The van der Waals surface area contributed by atoms with Crippen LogP contribution in [0, 0.1) is 0 Å². The van der Waals surface area contributed by atoms with Crippen LogP contribution in [-0.4, -0.2) is 42.4 Å². The summed E-state index contributed by atoms with van der Waals surface area (Å²) in [6.07, 6.45) is 1.00. The van der Waals surface area contributed by atoms with E-state index in [0.29, 0.717) is 23.9 Å². The van der Waals surface area contributed by atoms with Crippen LogP contribution in [0.25, 0.3) is 5.65 Å². The Morgan fingerprint density at radius 1 is 1.12 bits per heavy atom. The van der Waals surface area contributed by atoms with Gasteiger partial charge < -0.3 is 4.98 Å². The summed E-state index contributed by atoms with van der Waals surface area (Å²) in [5.74, 6) is 1.03. The maximum absolute atomic E-state index is 10.9. The number of carbonyl (C=O) groups is 2. The quantitative estimate of drug-likeness (QED) is 0.534. The second kappa shape index (κ2) is 6.28. The highest BCUT2D eigenvalue weighted by molar-refractivity contribution is 5.87. The zero-order chi connectivity index (χ0) is 19.1. The number of rotatable bonds is 5. The lowest BCUT2D eigenvalue weighted by Gasteiger charge is -2.16. The topological polar surface area (TPSA) is 134 Å². The number of aromatic amines is 2. The van der Waals surface area contributed by atoms with Gasteiger partial charge in [-0.2, -0.15) is 0 Å². The number of hydrogen-bond donors (Lipinski definition) is 2. The van der Waals surface area contributed by atoms with E-state index in [9.17, 15) is 9.59 Å². The highest BCUT2D eigenvalue weighted by Crippen LogP contribution is 2.35. The fourth-order valence-electron chi connectivity index (χ4n) is 2.54. The molecule has 0 atom stereocenters. The van der Waals surface area contributed by atoms with Gasteiger partial charge in [-0.3, -0.25) is 14.7 Å². The van der Waals surface area contributed by atoms with E-state index in [2.05, 4.69) is 35.5 Å². The first-order chi connectivity index (χ1) is 12.3. The van der Waals surface area contributed by atoms with E-state index in [4.69, 9.17) is 0 Å². The fourth-order valence-corrected chi connectivity index (χ4v) is 2.54. The van der Waals surface area contributed by atoms with Crippen molar-refractivity contribution in [1.29, 1.82) is 0 Å². The van der Waals surface area contributed by atoms with Gasteiger partial charge in [0.1, 0.15) is 11.4 Å². The molecule has 0 unspecified atom stereocenters. The van der Waals surface area contributed by atoms with Crippen molar-refractivity contribution in [3.63, 3.8) is 0 Å². The number of nitrogens with one attached hydrogen (secondary N) is 2. The average Bonchev–Trinajstić information content (AvgIpc) is 3.24. The minimum Gasteiger partial charge on any atom is -0.318 e. The molecule has 0 amide bonds. The van der Waals surface area contributed by atoms with Crippen LogP contribution >= 0.6 is 0 Å². The Morgan fingerprint density at radius 2 is 1.85 bits per heavy atom. The Kier molecular flexibility index (Phi) is 4.26. The highest BCUT2D eigenvalue weighted by Gasteiger charge is 2.26. The summed E-state index contributed by atoms with van der Waals surface area (Å²) in [5.41, 5.74) is 1.75. The summed E-state index contributed by atoms with van der Waals surface area (Å²) >= 11 is 0. The lowest BCUT2D eigenvalue weighted by molar-refractivity contribution is 0.109. The van der Waals surface area contributed by atoms with Crippen molar-refractivity contribution in [2.24, 2.45) is 10.2 Å². The van der Waals surface area contributed by atoms with E-state index in [1.807, 2.05) is 34.6 Å². The van der Waals surface area contributed by atoms with Gasteiger partial charge in [0, 0.05) is 11.3 Å². The van der Waals surface area contributed by atoms with Gasteiger partial charge in [0.25, 0.3) is 0 Å². The van der Waals surface area contributed by atoms with Crippen molar-refractivity contribution < 1.29 is 9.59 Å². The standard InChI is InChI=1S/C16H20N8O2/c1-8(2)13-20-21-14-11(12(16(3,4)5)23-24(13)14)19-22-15-17-9(6-25)10(7-26)18-15/h6-8,23H,1-5H3,(H,17,18). The molecule has 0 saturated carbocycles. The smallest absolute Gasteiger partial charge is 0.248 e. The number of aldehydes is 2. The van der Waals surface area contributed by atoms with Gasteiger partial charge in [-0.25, -0.2) is 9.50 Å². The Labute approximate surface area is 149 Å². The third-order valence-electron chi connectivity index (χ3n) is 3.85. The molecule has 10 heteroatoms. The summed E-state index contributed by atoms with van der Waals surface area (Å²) in [6.45, 7) is 10.2. The molecule has 3 aromatic rings. The molecule has 26 heavy (non-hydrogen) atoms. The first-order valence-corrected chi connectivity index (χ1v) is 8.15. The Bertz CT molecular complexity index is 974. The monoisotopic (exact) mass is 356 g/mol. The summed E-state index contributed by atoms with van der Waals surface area (Å²) in [4.78, 5) is 28.4. The number of imidazole rings is 1. The van der Waals surface area contributed by atoms with Gasteiger partial charge in [-0.05, 0) is 0 Å². The third kappa shape index (κ3) is 2.93. The largest absolute Gasteiger partial charge is 0.318 e. The van der Waals surface area contributed by atoms with Crippen LogP contribution in [0.2, 0.25) is 0 Å². The number of carbonyl (C=O) groups excluding carboxylic acids is 2. The molecule has 0 aliphatic carbocycles. The van der Waals surface area contributed by atoms with Crippen LogP contribution in [0.1, 0.15) is 73.0 Å². The van der Waals surface area contributed by atoms with Gasteiger partial charge in [-0.1, -0.05) is 34.6 Å². The highest BCUT2D eigenvalue weighted by atomic mass is 16.1. The van der Waals surface area contributed by atoms with Crippen LogP contribution in [-0.2, 0) is 5.41 Å². The first-order valence-electron chi connectivity index (χ1n) is 8.15. The maximum atomic E-state index is 10.9. The molecular weight excluding hydrogens is 336 g/mol. The lowest BCUT2D eigenvalue weighted by Crippen LogP contribution is -2.13. The minimum atomic E-state index is -0.242. The van der Waals surface area contributed by atoms with Gasteiger partial charge in [-0.15, -0.1) is 20.4 Å². The van der Waals surface area contributed by atoms with E-state index >= 15 is 0 Å². The summed E-state index contributed by atoms with van der Waals surface area (Å²) in [7, 11) is 0. The van der Waals surface area contributed by atoms with Crippen LogP contribution in [0.15, 0.2) is 10.2 Å². The van der Waals surface area contributed by atoms with Crippen LogP contribution in [0.3, 0.4) is 0 Å². The number of hydrogen-bond acceptors (Lipinski definition) is 7. The molecular formula is C16H20N8O2. The van der Waals surface area contributed by atoms with E-state index < -0.39 is 0 Å².